The summed E-state index contributed by atoms with van der Waals surface area (Å²) in [7, 11) is 0. The van der Waals surface area contributed by atoms with E-state index in [0.717, 1.165) is 60.2 Å². The highest BCUT2D eigenvalue weighted by molar-refractivity contribution is 6.30. The number of benzene rings is 3. The Morgan fingerprint density at radius 1 is 1.02 bits per heavy atom. The molecule has 4 rings (SSSR count). The lowest BCUT2D eigenvalue weighted by molar-refractivity contribution is 0.0147. The Morgan fingerprint density at radius 3 is 2.38 bits per heavy atom. The van der Waals surface area contributed by atoms with Crippen LogP contribution < -0.4 is 4.90 Å². The predicted octanol–water partition coefficient (Wildman–Crippen LogP) is 7.32. The minimum atomic E-state index is -0.892. The van der Waals surface area contributed by atoms with Crippen LogP contribution in [0.2, 0.25) is 5.02 Å². The summed E-state index contributed by atoms with van der Waals surface area (Å²) in [6.45, 7) is 7.91. The molecule has 40 heavy (non-hydrogen) atoms. The zero-order chi connectivity index (χ0) is 28.7. The van der Waals surface area contributed by atoms with Crippen LogP contribution in [-0.4, -0.2) is 54.2 Å². The lowest BCUT2D eigenvalue weighted by atomic mass is 9.99. The standard InChI is InChI=1S/C33H39ClN2O4/c1-33(2,3)40-32(39)36(22-31(38)27-8-7-9-29(34)20-27)19-16-24-10-12-25(13-11-24)26-14-15-28(23-37)30(21-26)35-17-5-4-6-18-35/h7-15,20-21,23,31,38H,4-6,16-19,22H2,1-3H3/t31-/m0/s1. The molecule has 1 saturated heterocycles. The summed E-state index contributed by atoms with van der Waals surface area (Å²) >= 11 is 6.10. The van der Waals surface area contributed by atoms with E-state index < -0.39 is 17.8 Å². The van der Waals surface area contributed by atoms with Crippen LogP contribution in [-0.2, 0) is 11.2 Å². The van der Waals surface area contributed by atoms with Crippen molar-refractivity contribution in [3.63, 3.8) is 0 Å². The van der Waals surface area contributed by atoms with E-state index in [-0.39, 0.29) is 6.54 Å². The Labute approximate surface area is 242 Å². The van der Waals surface area contributed by atoms with E-state index in [1.54, 1.807) is 29.2 Å². The van der Waals surface area contributed by atoms with E-state index in [4.69, 9.17) is 16.3 Å². The number of rotatable bonds is 9. The molecular weight excluding hydrogens is 524 g/mol. The number of anilines is 1. The highest BCUT2D eigenvalue weighted by Crippen LogP contribution is 2.30. The molecule has 3 aromatic carbocycles. The number of aldehydes is 1. The summed E-state index contributed by atoms with van der Waals surface area (Å²) in [5.41, 5.74) is 4.93. The van der Waals surface area contributed by atoms with Crippen molar-refractivity contribution in [1.82, 2.24) is 4.90 Å². The van der Waals surface area contributed by atoms with Gasteiger partial charge in [-0.1, -0.05) is 54.1 Å². The van der Waals surface area contributed by atoms with Gasteiger partial charge in [-0.25, -0.2) is 4.79 Å². The van der Waals surface area contributed by atoms with Crippen molar-refractivity contribution < 1.29 is 19.4 Å². The molecule has 212 valence electrons. The zero-order valence-electron chi connectivity index (χ0n) is 23.6. The average molecular weight is 563 g/mol. The Morgan fingerprint density at radius 2 is 1.73 bits per heavy atom. The second-order valence-electron chi connectivity index (χ2n) is 11.4. The van der Waals surface area contributed by atoms with Gasteiger partial charge in [0.25, 0.3) is 0 Å². The van der Waals surface area contributed by atoms with Crippen molar-refractivity contribution in [1.29, 1.82) is 0 Å². The smallest absolute Gasteiger partial charge is 0.410 e. The number of hydrogen-bond acceptors (Lipinski definition) is 5. The number of amides is 1. The molecule has 0 radical (unpaired) electrons. The summed E-state index contributed by atoms with van der Waals surface area (Å²) in [6.07, 6.45) is 3.71. The predicted molar refractivity (Wildman–Crippen MR) is 161 cm³/mol. The van der Waals surface area contributed by atoms with Gasteiger partial charge in [0.15, 0.2) is 6.29 Å². The van der Waals surface area contributed by atoms with Crippen LogP contribution in [0.5, 0.6) is 0 Å². The minimum absolute atomic E-state index is 0.0930. The SMILES string of the molecule is CC(C)(C)OC(=O)N(CCc1ccc(-c2ccc(C=O)c(N3CCCCC3)c2)cc1)C[C@H](O)c1cccc(Cl)c1. The quantitative estimate of drug-likeness (QED) is 0.277. The highest BCUT2D eigenvalue weighted by Gasteiger charge is 2.25. The van der Waals surface area contributed by atoms with Gasteiger partial charge in [-0.15, -0.1) is 0 Å². The van der Waals surface area contributed by atoms with Crippen LogP contribution in [0.15, 0.2) is 66.7 Å². The Bertz CT molecular complexity index is 1300. The topological polar surface area (TPSA) is 70.1 Å². The second-order valence-corrected chi connectivity index (χ2v) is 11.8. The first kappa shape index (κ1) is 29.6. The van der Waals surface area contributed by atoms with Gasteiger partial charge in [0, 0.05) is 35.9 Å². The van der Waals surface area contributed by atoms with Gasteiger partial charge < -0.3 is 19.6 Å². The van der Waals surface area contributed by atoms with Crippen LogP contribution in [0.4, 0.5) is 10.5 Å². The molecular formula is C33H39ClN2O4. The number of carbonyl (C=O) groups excluding carboxylic acids is 2. The van der Waals surface area contributed by atoms with Crippen molar-refractivity contribution in [2.75, 3.05) is 31.1 Å². The van der Waals surface area contributed by atoms with Gasteiger partial charge >= 0.3 is 6.09 Å². The van der Waals surface area contributed by atoms with E-state index in [1.165, 1.54) is 6.42 Å². The number of aliphatic hydroxyl groups excluding tert-OH is 1. The summed E-state index contributed by atoms with van der Waals surface area (Å²) in [6, 6.07) is 21.3. The lowest BCUT2D eigenvalue weighted by Crippen LogP contribution is -2.40. The molecule has 1 aliphatic heterocycles. The number of halogens is 1. The highest BCUT2D eigenvalue weighted by atomic mass is 35.5. The molecule has 1 heterocycles. The number of hydrogen-bond donors (Lipinski definition) is 1. The molecule has 1 amide bonds. The normalized spacial score (nSPS) is 14.5. The second kappa shape index (κ2) is 13.3. The third-order valence-corrected chi connectivity index (χ3v) is 7.33. The molecule has 1 atom stereocenters. The van der Waals surface area contributed by atoms with Crippen molar-refractivity contribution in [2.45, 2.75) is 58.2 Å². The monoisotopic (exact) mass is 562 g/mol. The molecule has 0 spiro atoms. The molecule has 0 aliphatic carbocycles. The molecule has 1 aliphatic rings. The number of carbonyl (C=O) groups is 2. The van der Waals surface area contributed by atoms with E-state index in [0.29, 0.717) is 23.6 Å². The van der Waals surface area contributed by atoms with Crippen LogP contribution in [0.3, 0.4) is 0 Å². The van der Waals surface area contributed by atoms with E-state index in [9.17, 15) is 14.7 Å². The van der Waals surface area contributed by atoms with Crippen LogP contribution in [0.1, 0.15) is 67.6 Å². The van der Waals surface area contributed by atoms with Gasteiger partial charge in [-0.2, -0.15) is 0 Å². The maximum Gasteiger partial charge on any atom is 0.410 e. The van der Waals surface area contributed by atoms with Crippen LogP contribution in [0.25, 0.3) is 11.1 Å². The maximum absolute atomic E-state index is 13.0. The van der Waals surface area contributed by atoms with Gasteiger partial charge in [-0.05, 0) is 93.0 Å². The largest absolute Gasteiger partial charge is 0.444 e. The first-order valence-electron chi connectivity index (χ1n) is 14.0. The average Bonchev–Trinajstić information content (AvgIpc) is 2.94. The third-order valence-electron chi connectivity index (χ3n) is 7.09. The van der Waals surface area contributed by atoms with E-state index in [1.807, 2.05) is 32.9 Å². The first-order chi connectivity index (χ1) is 19.1. The Balaban J connectivity index is 1.46. The summed E-state index contributed by atoms with van der Waals surface area (Å²) in [5, 5.41) is 11.4. The molecule has 0 aromatic heterocycles. The number of ether oxygens (including phenoxy) is 1. The molecule has 1 N–H and O–H groups in total. The van der Waals surface area contributed by atoms with Gasteiger partial charge in [0.2, 0.25) is 0 Å². The van der Waals surface area contributed by atoms with Crippen molar-refractivity contribution >= 4 is 29.7 Å². The molecule has 0 bridgehead atoms. The fourth-order valence-electron chi connectivity index (χ4n) is 4.97. The Hall–Kier alpha value is -3.35. The number of piperidine rings is 1. The maximum atomic E-state index is 13.0. The van der Waals surface area contributed by atoms with Crippen molar-refractivity contribution in [3.05, 3.63) is 88.4 Å². The fraction of sp³-hybridized carbons (Fsp3) is 0.394. The number of aliphatic hydroxyl groups is 1. The third kappa shape index (κ3) is 8.09. The summed E-state index contributed by atoms with van der Waals surface area (Å²) < 4.78 is 5.63. The van der Waals surface area contributed by atoms with E-state index >= 15 is 0 Å². The van der Waals surface area contributed by atoms with Gasteiger partial charge in [0.05, 0.1) is 12.6 Å². The minimum Gasteiger partial charge on any atom is -0.444 e. The molecule has 0 unspecified atom stereocenters. The summed E-state index contributed by atoms with van der Waals surface area (Å²) in [5.74, 6) is 0. The van der Waals surface area contributed by atoms with Gasteiger partial charge in [-0.3, -0.25) is 4.79 Å². The molecule has 6 nitrogen and oxygen atoms in total. The van der Waals surface area contributed by atoms with E-state index in [2.05, 4.69) is 35.2 Å². The lowest BCUT2D eigenvalue weighted by Gasteiger charge is -2.30. The summed E-state index contributed by atoms with van der Waals surface area (Å²) in [4.78, 5) is 28.6. The molecule has 1 fully saturated rings. The zero-order valence-corrected chi connectivity index (χ0v) is 24.4. The van der Waals surface area contributed by atoms with Crippen molar-refractivity contribution in [2.24, 2.45) is 0 Å². The molecule has 3 aromatic rings. The van der Waals surface area contributed by atoms with Gasteiger partial charge in [0.1, 0.15) is 5.60 Å². The molecule has 7 heteroatoms. The first-order valence-corrected chi connectivity index (χ1v) is 14.4. The number of nitrogens with zero attached hydrogens (tertiary/aromatic N) is 2. The van der Waals surface area contributed by atoms with Crippen LogP contribution >= 0.6 is 11.6 Å². The van der Waals surface area contributed by atoms with Crippen LogP contribution in [0, 0.1) is 0 Å². The Kier molecular flexibility index (Phi) is 9.88. The fourth-order valence-corrected chi connectivity index (χ4v) is 5.17. The van der Waals surface area contributed by atoms with Crippen molar-refractivity contribution in [3.8, 4) is 11.1 Å². The molecule has 0 saturated carbocycles.